The molecule has 4 heteroatoms. The first-order valence-electron chi connectivity index (χ1n) is 7.92. The summed E-state index contributed by atoms with van der Waals surface area (Å²) in [5, 5.41) is 6.46. The first-order valence-corrected chi connectivity index (χ1v) is 7.92. The highest BCUT2D eigenvalue weighted by Crippen LogP contribution is 2.10. The predicted octanol–water partition coefficient (Wildman–Crippen LogP) is 2.40. The fraction of sp³-hybridized carbons (Fsp3) is 0.588. The fourth-order valence-electron chi connectivity index (χ4n) is 2.84. The van der Waals surface area contributed by atoms with Gasteiger partial charge >= 0.3 is 0 Å². The summed E-state index contributed by atoms with van der Waals surface area (Å²) in [5.74, 6) is 0.105. The van der Waals surface area contributed by atoms with Gasteiger partial charge in [0.25, 0.3) is 0 Å². The van der Waals surface area contributed by atoms with Crippen molar-refractivity contribution in [2.45, 2.75) is 38.6 Å². The molecule has 2 N–H and O–H groups in total. The van der Waals surface area contributed by atoms with Crippen LogP contribution in [0.5, 0.6) is 0 Å². The van der Waals surface area contributed by atoms with Crippen molar-refractivity contribution in [3.8, 4) is 0 Å². The van der Waals surface area contributed by atoms with Crippen molar-refractivity contribution in [2.24, 2.45) is 0 Å². The third-order valence-corrected chi connectivity index (χ3v) is 3.94. The second kappa shape index (κ2) is 8.15. The Morgan fingerprint density at radius 2 is 2.33 bits per heavy atom. The van der Waals surface area contributed by atoms with Gasteiger partial charge in [-0.05, 0) is 64.0 Å². The maximum atomic E-state index is 11.9. The van der Waals surface area contributed by atoms with Crippen molar-refractivity contribution < 1.29 is 4.79 Å². The van der Waals surface area contributed by atoms with E-state index in [1.165, 1.54) is 12.8 Å². The quantitative estimate of drug-likeness (QED) is 0.810. The number of amides is 1. The Morgan fingerprint density at radius 3 is 3.05 bits per heavy atom. The zero-order chi connectivity index (χ0) is 15.1. The van der Waals surface area contributed by atoms with E-state index in [1.807, 2.05) is 31.2 Å². The Bertz CT molecular complexity index is 455. The van der Waals surface area contributed by atoms with Gasteiger partial charge in [-0.3, -0.25) is 4.79 Å². The van der Waals surface area contributed by atoms with E-state index < -0.39 is 0 Å². The summed E-state index contributed by atoms with van der Waals surface area (Å²) < 4.78 is 0. The Hall–Kier alpha value is -1.39. The molecule has 1 aliphatic rings. The van der Waals surface area contributed by atoms with Crippen LogP contribution in [-0.2, 0) is 4.79 Å². The van der Waals surface area contributed by atoms with Gasteiger partial charge in [0.1, 0.15) is 0 Å². The summed E-state index contributed by atoms with van der Waals surface area (Å²) >= 11 is 0. The minimum Gasteiger partial charge on any atom is -0.326 e. The van der Waals surface area contributed by atoms with Gasteiger partial charge in [-0.2, -0.15) is 0 Å². The van der Waals surface area contributed by atoms with Gasteiger partial charge in [-0.25, -0.2) is 0 Å². The number of hydrogen-bond donors (Lipinski definition) is 2. The Labute approximate surface area is 127 Å². The van der Waals surface area contributed by atoms with Crippen LogP contribution in [0.15, 0.2) is 24.3 Å². The lowest BCUT2D eigenvalue weighted by atomic mass is 10.2. The van der Waals surface area contributed by atoms with Crippen molar-refractivity contribution in [1.29, 1.82) is 0 Å². The maximum Gasteiger partial charge on any atom is 0.224 e. The average Bonchev–Trinajstić information content (AvgIpc) is 2.91. The second-order valence-corrected chi connectivity index (χ2v) is 6.08. The fourth-order valence-corrected chi connectivity index (χ4v) is 2.84. The normalized spacial score (nSPS) is 18.1. The number of rotatable bonds is 7. The van der Waals surface area contributed by atoms with Gasteiger partial charge in [0, 0.05) is 24.7 Å². The monoisotopic (exact) mass is 289 g/mol. The van der Waals surface area contributed by atoms with Crippen LogP contribution < -0.4 is 10.6 Å². The van der Waals surface area contributed by atoms with Crippen LogP contribution in [0.3, 0.4) is 0 Å². The van der Waals surface area contributed by atoms with E-state index in [0.717, 1.165) is 37.3 Å². The number of likely N-dealkylation sites (N-methyl/N-ethyl adjacent to an activating group) is 1. The van der Waals surface area contributed by atoms with Crippen molar-refractivity contribution in [3.63, 3.8) is 0 Å². The van der Waals surface area contributed by atoms with Crippen molar-refractivity contribution in [1.82, 2.24) is 10.2 Å². The van der Waals surface area contributed by atoms with E-state index in [0.29, 0.717) is 12.5 Å². The molecule has 1 fully saturated rings. The van der Waals surface area contributed by atoms with E-state index in [9.17, 15) is 4.79 Å². The Kier molecular flexibility index (Phi) is 6.21. The summed E-state index contributed by atoms with van der Waals surface area (Å²) in [5.41, 5.74) is 2.06. The molecule has 116 valence electrons. The van der Waals surface area contributed by atoms with Gasteiger partial charge in [0.15, 0.2) is 0 Å². The van der Waals surface area contributed by atoms with Gasteiger partial charge in [0.05, 0.1) is 0 Å². The van der Waals surface area contributed by atoms with Crippen LogP contribution in [0, 0.1) is 6.92 Å². The molecule has 0 spiro atoms. The third kappa shape index (κ3) is 5.86. The van der Waals surface area contributed by atoms with E-state index in [-0.39, 0.29) is 5.91 Å². The van der Waals surface area contributed by atoms with Gasteiger partial charge in [0.2, 0.25) is 5.91 Å². The number of anilines is 1. The smallest absolute Gasteiger partial charge is 0.224 e. The average molecular weight is 289 g/mol. The second-order valence-electron chi connectivity index (χ2n) is 6.08. The molecule has 1 saturated heterocycles. The molecule has 0 radical (unpaired) electrons. The summed E-state index contributed by atoms with van der Waals surface area (Å²) in [6.07, 6.45) is 4.05. The summed E-state index contributed by atoms with van der Waals surface area (Å²) in [6.45, 7) is 5.23. The number of nitrogens with one attached hydrogen (secondary N) is 2. The van der Waals surface area contributed by atoms with Crippen LogP contribution in [0.1, 0.15) is 31.2 Å². The standard InChI is InChI=1S/C17H27N3O/c1-14-6-3-7-15(12-14)19-17(21)9-5-11-20(2)13-16-8-4-10-18-16/h3,6-7,12,16,18H,4-5,8-11,13H2,1-2H3,(H,19,21). The molecular formula is C17H27N3O. The highest BCUT2D eigenvalue weighted by molar-refractivity contribution is 5.90. The topological polar surface area (TPSA) is 44.4 Å². The molecule has 4 nitrogen and oxygen atoms in total. The molecule has 1 aliphatic heterocycles. The molecule has 1 aromatic carbocycles. The summed E-state index contributed by atoms with van der Waals surface area (Å²) in [6, 6.07) is 8.56. The molecule has 0 saturated carbocycles. The highest BCUT2D eigenvalue weighted by Gasteiger charge is 2.15. The number of carbonyl (C=O) groups is 1. The van der Waals surface area contributed by atoms with Crippen LogP contribution in [0.4, 0.5) is 5.69 Å². The van der Waals surface area contributed by atoms with E-state index in [2.05, 4.69) is 22.6 Å². The van der Waals surface area contributed by atoms with Gasteiger partial charge in [-0.1, -0.05) is 12.1 Å². The van der Waals surface area contributed by atoms with Crippen LogP contribution in [0.25, 0.3) is 0 Å². The molecule has 1 aromatic rings. The number of aryl methyl sites for hydroxylation is 1. The largest absolute Gasteiger partial charge is 0.326 e. The predicted molar refractivity (Wildman–Crippen MR) is 87.6 cm³/mol. The van der Waals surface area contributed by atoms with Crippen molar-refractivity contribution in [2.75, 3.05) is 32.0 Å². The lowest BCUT2D eigenvalue weighted by Crippen LogP contribution is -2.35. The molecule has 1 atom stereocenters. The first-order chi connectivity index (χ1) is 10.1. The minimum absolute atomic E-state index is 0.105. The summed E-state index contributed by atoms with van der Waals surface area (Å²) in [7, 11) is 2.14. The number of nitrogens with zero attached hydrogens (tertiary/aromatic N) is 1. The molecule has 0 bridgehead atoms. The van der Waals surface area contributed by atoms with Gasteiger partial charge in [-0.15, -0.1) is 0 Å². The number of hydrogen-bond acceptors (Lipinski definition) is 3. The molecule has 21 heavy (non-hydrogen) atoms. The molecule has 0 aliphatic carbocycles. The number of benzene rings is 1. The van der Waals surface area contributed by atoms with Crippen LogP contribution >= 0.6 is 0 Å². The van der Waals surface area contributed by atoms with Crippen LogP contribution in [0.2, 0.25) is 0 Å². The molecule has 0 aromatic heterocycles. The Morgan fingerprint density at radius 1 is 1.48 bits per heavy atom. The maximum absolute atomic E-state index is 11.9. The molecule has 2 rings (SSSR count). The lowest BCUT2D eigenvalue weighted by Gasteiger charge is -2.20. The van der Waals surface area contributed by atoms with E-state index in [4.69, 9.17) is 0 Å². The molecule has 1 amide bonds. The highest BCUT2D eigenvalue weighted by atomic mass is 16.1. The summed E-state index contributed by atoms with van der Waals surface area (Å²) in [4.78, 5) is 14.2. The zero-order valence-electron chi connectivity index (χ0n) is 13.2. The Balaban J connectivity index is 1.62. The zero-order valence-corrected chi connectivity index (χ0v) is 13.2. The van der Waals surface area contributed by atoms with E-state index >= 15 is 0 Å². The van der Waals surface area contributed by atoms with Crippen molar-refractivity contribution in [3.05, 3.63) is 29.8 Å². The van der Waals surface area contributed by atoms with Gasteiger partial charge < -0.3 is 15.5 Å². The molecule has 1 unspecified atom stereocenters. The molecule has 1 heterocycles. The van der Waals surface area contributed by atoms with E-state index in [1.54, 1.807) is 0 Å². The van der Waals surface area contributed by atoms with Crippen LogP contribution in [-0.4, -0.2) is 43.5 Å². The van der Waals surface area contributed by atoms with Crippen molar-refractivity contribution >= 4 is 11.6 Å². The third-order valence-electron chi connectivity index (χ3n) is 3.94. The first kappa shape index (κ1) is 16.0. The number of carbonyl (C=O) groups excluding carboxylic acids is 1. The molecular weight excluding hydrogens is 262 g/mol. The minimum atomic E-state index is 0.105. The lowest BCUT2D eigenvalue weighted by molar-refractivity contribution is -0.116. The SMILES string of the molecule is Cc1cccc(NC(=O)CCCN(C)CC2CCCN2)c1.